The lowest BCUT2D eigenvalue weighted by molar-refractivity contribution is -0.282. The van der Waals surface area contributed by atoms with E-state index in [-0.39, 0.29) is 22.2 Å². The van der Waals surface area contributed by atoms with E-state index in [0.29, 0.717) is 0 Å². The molecule has 0 saturated heterocycles. The van der Waals surface area contributed by atoms with Gasteiger partial charge in [-0.25, -0.2) is 0 Å². The van der Waals surface area contributed by atoms with Crippen molar-refractivity contribution >= 4 is 29.1 Å². The number of aliphatic hydroxyl groups is 1. The summed E-state index contributed by atoms with van der Waals surface area (Å²) in [6, 6.07) is 4.03. The van der Waals surface area contributed by atoms with Gasteiger partial charge in [0, 0.05) is 15.0 Å². The highest BCUT2D eigenvalue weighted by Crippen LogP contribution is 2.40. The second-order valence-electron chi connectivity index (χ2n) is 3.18. The average Bonchev–Trinajstić information content (AvgIpc) is 2.26. The number of rotatable bonds is 6. The lowest BCUT2D eigenvalue weighted by Gasteiger charge is -2.20. The summed E-state index contributed by atoms with van der Waals surface area (Å²) in [4.78, 5) is 17.1. The smallest absolute Gasteiger partial charge is 0.352 e. The highest BCUT2D eigenvalue weighted by Gasteiger charge is 2.42. The molecule has 3 atom stereocenters. The number of thioether (sulfide) groups is 1. The molecule has 112 valence electrons. The topological polar surface area (TPSA) is 96.2 Å². The van der Waals surface area contributed by atoms with Crippen LogP contribution in [0.15, 0.2) is 29.2 Å². The normalized spacial score (nSPS) is 16.4. The van der Waals surface area contributed by atoms with Crippen LogP contribution in [0.4, 0.5) is 13.2 Å². The summed E-state index contributed by atoms with van der Waals surface area (Å²) >= 11 is -0.371. The fourth-order valence-electron chi connectivity index (χ4n) is 1.17. The molecule has 0 fully saturated rings. The zero-order valence-corrected chi connectivity index (χ0v) is 12.1. The molecule has 0 radical (unpaired) electrons. The predicted octanol–water partition coefficient (Wildman–Crippen LogP) is 2.58. The van der Waals surface area contributed by atoms with Crippen LogP contribution in [-0.4, -0.2) is 20.4 Å². The molecule has 0 aliphatic heterocycles. The van der Waals surface area contributed by atoms with Crippen LogP contribution in [0.2, 0.25) is 0 Å². The number of hydrogen-bond donors (Lipinski definition) is 3. The molecule has 0 spiro atoms. The van der Waals surface area contributed by atoms with Crippen molar-refractivity contribution in [1.82, 2.24) is 0 Å². The van der Waals surface area contributed by atoms with Crippen LogP contribution >= 0.6 is 29.1 Å². The summed E-state index contributed by atoms with van der Waals surface area (Å²) in [7, 11) is -4.55. The van der Waals surface area contributed by atoms with Crippen molar-refractivity contribution in [2.45, 2.75) is 16.4 Å². The Morgan fingerprint density at radius 1 is 1.25 bits per heavy atom. The van der Waals surface area contributed by atoms with E-state index in [1.165, 1.54) is 0 Å². The standard InChI is InChI=1S/C8H7F3O6P2S/c9-8(10,11)20-6-3-1-5(2-4-6)7(12,16-18-13)17-19(14)15/h1-4,12-13,18H/p+1. The minimum atomic E-state index is -4.47. The second kappa shape index (κ2) is 7.11. The van der Waals surface area contributed by atoms with Gasteiger partial charge in [0.05, 0.1) is 0 Å². The molecule has 0 aliphatic carbocycles. The third-order valence-corrected chi connectivity index (χ3v) is 3.35. The Morgan fingerprint density at radius 3 is 2.20 bits per heavy atom. The van der Waals surface area contributed by atoms with Gasteiger partial charge in [-0.05, 0) is 40.6 Å². The first-order chi connectivity index (χ1) is 9.16. The summed E-state index contributed by atoms with van der Waals surface area (Å²) in [5.74, 6) is -2.73. The summed E-state index contributed by atoms with van der Waals surface area (Å²) < 4.78 is 55.6. The van der Waals surface area contributed by atoms with Crippen LogP contribution in [-0.2, 0) is 19.6 Å². The molecule has 1 aromatic carbocycles. The SMILES string of the molecule is O=[P+](O)OC(O)(OPO)c1ccc(SC(F)(F)F)cc1. The van der Waals surface area contributed by atoms with Crippen LogP contribution < -0.4 is 0 Å². The van der Waals surface area contributed by atoms with Gasteiger partial charge in [-0.15, -0.1) is 4.89 Å². The molecule has 0 aliphatic rings. The van der Waals surface area contributed by atoms with Gasteiger partial charge >= 0.3 is 19.7 Å². The van der Waals surface area contributed by atoms with Gasteiger partial charge in [0.1, 0.15) is 0 Å². The molecule has 0 amide bonds. The molecule has 12 heteroatoms. The Bertz CT molecular complexity index is 470. The van der Waals surface area contributed by atoms with Crippen LogP contribution in [0, 0.1) is 0 Å². The van der Waals surface area contributed by atoms with E-state index in [2.05, 4.69) is 9.05 Å². The largest absolute Gasteiger partial charge is 0.700 e. The van der Waals surface area contributed by atoms with E-state index in [9.17, 15) is 22.8 Å². The van der Waals surface area contributed by atoms with Gasteiger partial charge in [0.25, 0.3) is 0 Å². The summed E-state index contributed by atoms with van der Waals surface area (Å²) in [6.45, 7) is 0. The Labute approximate surface area is 117 Å². The third kappa shape index (κ3) is 5.59. The Hall–Kier alpha value is -0.310. The number of halogens is 3. The molecule has 1 rings (SSSR count). The minimum Gasteiger partial charge on any atom is -0.352 e. The first-order valence-electron chi connectivity index (χ1n) is 4.67. The zero-order chi connectivity index (χ0) is 15.4. The van der Waals surface area contributed by atoms with E-state index in [4.69, 9.17) is 9.79 Å². The molecular formula is C8H8F3O6P2S+. The van der Waals surface area contributed by atoms with Gasteiger partial charge in [-0.3, -0.25) is 4.52 Å². The van der Waals surface area contributed by atoms with Crippen molar-refractivity contribution in [2.75, 3.05) is 0 Å². The van der Waals surface area contributed by atoms with Crippen LogP contribution in [0.25, 0.3) is 0 Å². The maximum absolute atomic E-state index is 12.1. The van der Waals surface area contributed by atoms with Gasteiger partial charge in [0.2, 0.25) is 0 Å². The minimum absolute atomic E-state index is 0.163. The molecule has 3 N–H and O–H groups in total. The molecular weight excluding hydrogens is 343 g/mol. The van der Waals surface area contributed by atoms with Crippen molar-refractivity contribution in [3.8, 4) is 0 Å². The quantitative estimate of drug-likeness (QED) is 0.412. The van der Waals surface area contributed by atoms with Gasteiger partial charge in [0.15, 0.2) is 9.03 Å². The predicted molar refractivity (Wildman–Crippen MR) is 64.8 cm³/mol. The van der Waals surface area contributed by atoms with E-state index in [1.54, 1.807) is 0 Å². The summed E-state index contributed by atoms with van der Waals surface area (Å²) in [5, 5.41) is 9.81. The lowest BCUT2D eigenvalue weighted by Crippen LogP contribution is -2.27. The fourth-order valence-corrected chi connectivity index (χ4v) is 2.41. The van der Waals surface area contributed by atoms with Gasteiger partial charge in [-0.1, -0.05) is 0 Å². The second-order valence-corrected chi connectivity index (χ2v) is 5.36. The van der Waals surface area contributed by atoms with Crippen molar-refractivity contribution in [3.05, 3.63) is 29.8 Å². The number of alkyl halides is 3. The number of hydrogen-bond acceptors (Lipinski definition) is 6. The Balaban J connectivity index is 2.96. The van der Waals surface area contributed by atoms with Crippen molar-refractivity contribution in [2.24, 2.45) is 0 Å². The lowest BCUT2D eigenvalue weighted by atomic mass is 10.2. The van der Waals surface area contributed by atoms with Gasteiger partial charge in [-0.2, -0.15) is 13.2 Å². The van der Waals surface area contributed by atoms with Crippen LogP contribution in [0.3, 0.4) is 0 Å². The summed E-state index contributed by atoms with van der Waals surface area (Å²) in [5.41, 5.74) is -4.71. The number of benzene rings is 1. The van der Waals surface area contributed by atoms with Crippen molar-refractivity contribution < 1.29 is 41.7 Å². The highest BCUT2D eigenvalue weighted by molar-refractivity contribution is 8.00. The Kier molecular flexibility index (Phi) is 6.30. The fraction of sp³-hybridized carbons (Fsp3) is 0.250. The molecule has 0 aromatic heterocycles. The van der Waals surface area contributed by atoms with E-state index >= 15 is 0 Å². The Morgan fingerprint density at radius 2 is 1.80 bits per heavy atom. The average molecular weight is 351 g/mol. The van der Waals surface area contributed by atoms with Gasteiger partial charge < -0.3 is 10.00 Å². The van der Waals surface area contributed by atoms with Crippen LogP contribution in [0.5, 0.6) is 0 Å². The van der Waals surface area contributed by atoms with E-state index < -0.39 is 28.8 Å². The maximum atomic E-state index is 12.1. The van der Waals surface area contributed by atoms with Crippen molar-refractivity contribution in [1.29, 1.82) is 0 Å². The zero-order valence-electron chi connectivity index (χ0n) is 9.37. The van der Waals surface area contributed by atoms with Crippen molar-refractivity contribution in [3.63, 3.8) is 0 Å². The molecule has 1 aromatic rings. The molecule has 20 heavy (non-hydrogen) atoms. The molecule has 3 unspecified atom stereocenters. The van der Waals surface area contributed by atoms with E-state index in [1.807, 2.05) is 0 Å². The molecule has 0 saturated carbocycles. The first kappa shape index (κ1) is 17.7. The first-order valence-corrected chi connectivity index (χ1v) is 7.47. The molecule has 6 nitrogen and oxygen atoms in total. The third-order valence-electron chi connectivity index (χ3n) is 1.84. The maximum Gasteiger partial charge on any atom is 0.700 e. The van der Waals surface area contributed by atoms with Crippen LogP contribution in [0.1, 0.15) is 5.56 Å². The highest BCUT2D eigenvalue weighted by atomic mass is 32.2. The van der Waals surface area contributed by atoms with E-state index in [0.717, 1.165) is 24.3 Å². The molecule has 0 heterocycles. The molecule has 0 bridgehead atoms. The summed E-state index contributed by atoms with van der Waals surface area (Å²) in [6.07, 6.45) is 0. The monoisotopic (exact) mass is 351 g/mol.